The second-order valence-corrected chi connectivity index (χ2v) is 8.07. The predicted octanol–water partition coefficient (Wildman–Crippen LogP) is 4.33. The molecule has 0 aliphatic carbocycles. The molecular weight excluding hydrogens is 443 g/mol. The monoisotopic (exact) mass is 472 g/mol. The topological polar surface area (TPSA) is 49.3 Å². The molecule has 0 aliphatic heterocycles. The van der Waals surface area contributed by atoms with Gasteiger partial charge in [-0.15, -0.1) is 35.3 Å². The molecule has 1 aromatic carbocycles. The minimum absolute atomic E-state index is 0. The molecule has 0 amide bonds. The fourth-order valence-corrected chi connectivity index (χ4v) is 3.28. The van der Waals surface area contributed by atoms with E-state index in [4.69, 9.17) is 0 Å². The smallest absolute Gasteiger partial charge is 0.191 e. The van der Waals surface area contributed by atoms with Crippen LogP contribution in [0, 0.1) is 20.8 Å². The minimum Gasteiger partial charge on any atom is -0.356 e. The Balaban J connectivity index is 0.00000312. The molecule has 2 aromatic rings. The van der Waals surface area contributed by atoms with E-state index in [1.165, 1.54) is 16.0 Å². The minimum atomic E-state index is 0. The van der Waals surface area contributed by atoms with E-state index in [0.717, 1.165) is 23.2 Å². The summed E-state index contributed by atoms with van der Waals surface area (Å²) in [5.41, 5.74) is 3.75. The third-order valence-corrected chi connectivity index (χ3v) is 5.31. The lowest BCUT2D eigenvalue weighted by atomic mass is 9.84. The fourth-order valence-electron chi connectivity index (χ4n) is 2.41. The Kier molecular flexibility index (Phi) is 8.34. The number of aliphatic imine (C=N–C) groups is 1. The molecule has 138 valence electrons. The highest BCUT2D eigenvalue weighted by molar-refractivity contribution is 14.0. The number of rotatable bonds is 5. The van der Waals surface area contributed by atoms with E-state index in [0.29, 0.717) is 6.54 Å². The summed E-state index contributed by atoms with van der Waals surface area (Å²) in [7, 11) is 1.80. The lowest BCUT2D eigenvalue weighted by Gasteiger charge is -2.27. The van der Waals surface area contributed by atoms with Crippen LogP contribution in [0.2, 0.25) is 0 Å². The van der Waals surface area contributed by atoms with Crippen LogP contribution in [0.5, 0.6) is 0 Å². The van der Waals surface area contributed by atoms with Crippen LogP contribution in [-0.2, 0) is 12.0 Å². The molecule has 0 fully saturated rings. The highest BCUT2D eigenvalue weighted by atomic mass is 127. The second-order valence-electron chi connectivity index (χ2n) is 6.78. The van der Waals surface area contributed by atoms with E-state index in [2.05, 4.69) is 72.6 Å². The Bertz CT molecular complexity index is 685. The van der Waals surface area contributed by atoms with Crippen molar-refractivity contribution >= 4 is 41.3 Å². The molecule has 4 nitrogen and oxygen atoms in total. The first-order chi connectivity index (χ1) is 11.3. The molecular formula is C19H29IN4S. The zero-order valence-electron chi connectivity index (χ0n) is 15.9. The molecule has 0 spiro atoms. The molecule has 0 saturated heterocycles. The van der Waals surface area contributed by atoms with E-state index in [-0.39, 0.29) is 29.4 Å². The first kappa shape index (κ1) is 21.9. The molecule has 1 aromatic heterocycles. The van der Waals surface area contributed by atoms with Crippen molar-refractivity contribution in [1.29, 1.82) is 0 Å². The zero-order valence-corrected chi connectivity index (χ0v) is 19.1. The molecule has 0 saturated carbocycles. The molecule has 0 bridgehead atoms. The molecule has 0 unspecified atom stereocenters. The third-order valence-electron chi connectivity index (χ3n) is 4.23. The number of hydrogen-bond donors (Lipinski definition) is 2. The van der Waals surface area contributed by atoms with Crippen molar-refractivity contribution in [2.45, 2.75) is 46.6 Å². The average Bonchev–Trinajstić information content (AvgIpc) is 2.86. The third kappa shape index (κ3) is 6.26. The predicted molar refractivity (Wildman–Crippen MR) is 119 cm³/mol. The molecule has 1 heterocycles. The van der Waals surface area contributed by atoms with Gasteiger partial charge in [0.25, 0.3) is 0 Å². The lowest BCUT2D eigenvalue weighted by molar-refractivity contribution is 0.508. The number of aryl methyl sites for hydroxylation is 3. The van der Waals surface area contributed by atoms with Gasteiger partial charge in [0.1, 0.15) is 5.01 Å². The van der Waals surface area contributed by atoms with Crippen molar-refractivity contribution in [3.8, 4) is 0 Å². The fraction of sp³-hybridized carbons (Fsp3) is 0.474. The van der Waals surface area contributed by atoms with Gasteiger partial charge in [-0.25, -0.2) is 4.98 Å². The molecule has 2 N–H and O–H groups in total. The highest BCUT2D eigenvalue weighted by Gasteiger charge is 2.20. The standard InChI is InChI=1S/C19H28N4S.HI/c1-13-7-9-16(10-8-13)19(4,5)12-22-18(20-6)21-11-17-23-14(2)15(3)24-17;/h7-10H,11-12H2,1-6H3,(H2,20,21,22);1H. The van der Waals surface area contributed by atoms with Crippen LogP contribution in [0.15, 0.2) is 29.3 Å². The van der Waals surface area contributed by atoms with E-state index in [9.17, 15) is 0 Å². The Morgan fingerprint density at radius 1 is 1.12 bits per heavy atom. The van der Waals surface area contributed by atoms with Crippen LogP contribution < -0.4 is 10.6 Å². The maximum atomic E-state index is 4.55. The van der Waals surface area contributed by atoms with Gasteiger partial charge >= 0.3 is 0 Å². The maximum Gasteiger partial charge on any atom is 0.191 e. The van der Waals surface area contributed by atoms with Gasteiger partial charge in [0.05, 0.1) is 12.2 Å². The molecule has 2 rings (SSSR count). The quantitative estimate of drug-likeness (QED) is 0.387. The van der Waals surface area contributed by atoms with Crippen molar-refractivity contribution in [1.82, 2.24) is 15.6 Å². The van der Waals surface area contributed by atoms with E-state index in [1.807, 2.05) is 6.92 Å². The Labute approximate surface area is 172 Å². The normalized spacial score (nSPS) is 11.8. The van der Waals surface area contributed by atoms with Gasteiger partial charge in [-0.2, -0.15) is 0 Å². The van der Waals surface area contributed by atoms with Crippen LogP contribution in [0.1, 0.15) is 40.6 Å². The van der Waals surface area contributed by atoms with Gasteiger partial charge in [-0.1, -0.05) is 43.7 Å². The summed E-state index contributed by atoms with van der Waals surface area (Å²) in [6.45, 7) is 12.3. The Morgan fingerprint density at radius 3 is 2.28 bits per heavy atom. The summed E-state index contributed by atoms with van der Waals surface area (Å²) in [6.07, 6.45) is 0. The van der Waals surface area contributed by atoms with Gasteiger partial charge in [-0.05, 0) is 26.3 Å². The maximum absolute atomic E-state index is 4.55. The van der Waals surface area contributed by atoms with Crippen LogP contribution in [0.3, 0.4) is 0 Å². The Hall–Kier alpha value is -1.15. The average molecular weight is 472 g/mol. The van der Waals surface area contributed by atoms with E-state index < -0.39 is 0 Å². The van der Waals surface area contributed by atoms with Gasteiger partial charge in [0.15, 0.2) is 5.96 Å². The van der Waals surface area contributed by atoms with Gasteiger partial charge in [-0.3, -0.25) is 4.99 Å². The molecule has 25 heavy (non-hydrogen) atoms. The van der Waals surface area contributed by atoms with Crippen molar-refractivity contribution in [2.24, 2.45) is 4.99 Å². The zero-order chi connectivity index (χ0) is 17.7. The van der Waals surface area contributed by atoms with Crippen molar-refractivity contribution < 1.29 is 0 Å². The molecule has 0 radical (unpaired) electrons. The summed E-state index contributed by atoms with van der Waals surface area (Å²) < 4.78 is 0. The number of nitrogens with zero attached hydrogens (tertiary/aromatic N) is 2. The number of hydrogen-bond acceptors (Lipinski definition) is 3. The highest BCUT2D eigenvalue weighted by Crippen LogP contribution is 2.22. The Morgan fingerprint density at radius 2 is 1.76 bits per heavy atom. The SMILES string of the molecule is CN=C(NCc1nc(C)c(C)s1)NCC(C)(C)c1ccc(C)cc1.I. The number of nitrogens with one attached hydrogen (secondary N) is 2. The largest absolute Gasteiger partial charge is 0.356 e. The first-order valence-corrected chi connectivity index (χ1v) is 9.08. The first-order valence-electron chi connectivity index (χ1n) is 8.26. The molecule has 0 atom stereocenters. The number of halogens is 1. The van der Waals surface area contributed by atoms with E-state index >= 15 is 0 Å². The van der Waals surface area contributed by atoms with Crippen LogP contribution >= 0.6 is 35.3 Å². The summed E-state index contributed by atoms with van der Waals surface area (Å²) in [5.74, 6) is 0.806. The van der Waals surface area contributed by atoms with Gasteiger partial charge in [0, 0.05) is 23.9 Å². The van der Waals surface area contributed by atoms with Crippen molar-refractivity contribution in [3.05, 3.63) is 51.0 Å². The summed E-state index contributed by atoms with van der Waals surface area (Å²) >= 11 is 1.73. The van der Waals surface area contributed by atoms with Crippen molar-refractivity contribution in [2.75, 3.05) is 13.6 Å². The summed E-state index contributed by atoms with van der Waals surface area (Å²) in [6, 6.07) is 8.73. The summed E-state index contributed by atoms with van der Waals surface area (Å²) in [5, 5.41) is 7.87. The van der Waals surface area contributed by atoms with E-state index in [1.54, 1.807) is 18.4 Å². The number of guanidine groups is 1. The summed E-state index contributed by atoms with van der Waals surface area (Å²) in [4.78, 5) is 10.1. The number of benzene rings is 1. The van der Waals surface area contributed by atoms with Crippen LogP contribution in [0.4, 0.5) is 0 Å². The molecule has 6 heteroatoms. The number of thiazole rings is 1. The number of aromatic nitrogens is 1. The lowest BCUT2D eigenvalue weighted by Crippen LogP contribution is -2.43. The van der Waals surface area contributed by atoms with Gasteiger partial charge < -0.3 is 10.6 Å². The van der Waals surface area contributed by atoms with Crippen molar-refractivity contribution in [3.63, 3.8) is 0 Å². The molecule has 0 aliphatic rings. The second kappa shape index (κ2) is 9.52. The van der Waals surface area contributed by atoms with Crippen LogP contribution in [0.25, 0.3) is 0 Å². The van der Waals surface area contributed by atoms with Crippen LogP contribution in [-0.4, -0.2) is 24.5 Å². The van der Waals surface area contributed by atoms with Gasteiger partial charge in [0.2, 0.25) is 0 Å².